The van der Waals surface area contributed by atoms with Gasteiger partial charge in [-0.15, -0.1) is 0 Å². The van der Waals surface area contributed by atoms with Crippen LogP contribution < -0.4 is 5.32 Å². The molecule has 0 aliphatic carbocycles. The van der Waals surface area contributed by atoms with Crippen LogP contribution in [0, 0.1) is 0 Å². The Balaban J connectivity index is 2.05. The van der Waals surface area contributed by atoms with Crippen molar-refractivity contribution in [2.24, 2.45) is 0 Å². The zero-order valence-electron chi connectivity index (χ0n) is 10.4. The van der Waals surface area contributed by atoms with Crippen molar-refractivity contribution in [1.82, 2.24) is 20.1 Å². The minimum atomic E-state index is 0.540. The van der Waals surface area contributed by atoms with E-state index in [0.29, 0.717) is 6.04 Å². The van der Waals surface area contributed by atoms with Gasteiger partial charge in [-0.1, -0.05) is 6.92 Å². The number of nitrogens with zero attached hydrogens (tertiary/aromatic N) is 3. The predicted molar refractivity (Wildman–Crippen MR) is 69.7 cm³/mol. The van der Waals surface area contributed by atoms with Crippen molar-refractivity contribution < 1.29 is 0 Å². The maximum atomic E-state index is 4.08. The van der Waals surface area contributed by atoms with Crippen molar-refractivity contribution in [1.29, 1.82) is 0 Å². The van der Waals surface area contributed by atoms with Crippen LogP contribution in [-0.2, 0) is 6.54 Å². The molecule has 4 nitrogen and oxygen atoms in total. The van der Waals surface area contributed by atoms with Crippen molar-refractivity contribution in [2.75, 3.05) is 12.8 Å². The molecule has 1 aromatic heterocycles. The molecule has 0 fully saturated rings. The van der Waals surface area contributed by atoms with Crippen LogP contribution >= 0.6 is 11.8 Å². The number of aromatic nitrogens is 3. The molecule has 0 spiro atoms. The van der Waals surface area contributed by atoms with E-state index in [1.54, 1.807) is 12.7 Å². The van der Waals surface area contributed by atoms with E-state index in [9.17, 15) is 0 Å². The third kappa shape index (κ3) is 5.51. The Bertz CT molecular complexity index is 263. The molecule has 5 heteroatoms. The first-order valence-corrected chi connectivity index (χ1v) is 7.09. The van der Waals surface area contributed by atoms with Gasteiger partial charge >= 0.3 is 0 Å². The van der Waals surface area contributed by atoms with Crippen molar-refractivity contribution in [3.63, 3.8) is 0 Å². The van der Waals surface area contributed by atoms with E-state index in [2.05, 4.69) is 35.5 Å². The van der Waals surface area contributed by atoms with E-state index in [0.717, 1.165) is 24.8 Å². The van der Waals surface area contributed by atoms with Gasteiger partial charge in [-0.25, -0.2) is 4.98 Å². The zero-order chi connectivity index (χ0) is 11.8. The third-order valence-corrected chi connectivity index (χ3v) is 3.74. The van der Waals surface area contributed by atoms with Crippen LogP contribution in [0.25, 0.3) is 0 Å². The molecule has 1 rings (SSSR count). The lowest BCUT2D eigenvalue weighted by Crippen LogP contribution is -2.29. The summed E-state index contributed by atoms with van der Waals surface area (Å²) < 4.78 is 1.88. The van der Waals surface area contributed by atoms with Crippen LogP contribution in [0.15, 0.2) is 12.7 Å². The lowest BCUT2D eigenvalue weighted by Gasteiger charge is -2.15. The summed E-state index contributed by atoms with van der Waals surface area (Å²) in [6, 6.07) is 0.540. The number of thioether (sulfide) groups is 1. The van der Waals surface area contributed by atoms with Crippen molar-refractivity contribution in [3.05, 3.63) is 12.7 Å². The molecule has 0 radical (unpaired) electrons. The Morgan fingerprint density at radius 3 is 2.81 bits per heavy atom. The van der Waals surface area contributed by atoms with Gasteiger partial charge < -0.3 is 5.32 Å². The summed E-state index contributed by atoms with van der Waals surface area (Å²) in [5, 5.41) is 8.37. The zero-order valence-corrected chi connectivity index (χ0v) is 11.2. The monoisotopic (exact) mass is 242 g/mol. The SMILES string of the molecule is CSC(C)CCNC(C)CCn1cncn1. The van der Waals surface area contributed by atoms with Gasteiger partial charge in [-0.05, 0) is 32.6 Å². The summed E-state index contributed by atoms with van der Waals surface area (Å²) >= 11 is 1.93. The van der Waals surface area contributed by atoms with Crippen LogP contribution in [0.3, 0.4) is 0 Å². The predicted octanol–water partition coefficient (Wildman–Crippen LogP) is 1.79. The maximum Gasteiger partial charge on any atom is 0.137 e. The van der Waals surface area contributed by atoms with Gasteiger partial charge in [-0.2, -0.15) is 16.9 Å². The lowest BCUT2D eigenvalue weighted by molar-refractivity contribution is 0.455. The molecule has 1 aromatic rings. The molecule has 0 bridgehead atoms. The van der Waals surface area contributed by atoms with Gasteiger partial charge in [0.15, 0.2) is 0 Å². The second-order valence-electron chi connectivity index (χ2n) is 4.14. The van der Waals surface area contributed by atoms with E-state index in [1.165, 1.54) is 6.42 Å². The number of rotatable bonds is 8. The minimum absolute atomic E-state index is 0.540. The van der Waals surface area contributed by atoms with Crippen LogP contribution in [-0.4, -0.2) is 38.9 Å². The third-order valence-electron chi connectivity index (χ3n) is 2.70. The molecule has 0 saturated heterocycles. The first-order chi connectivity index (χ1) is 7.72. The smallest absolute Gasteiger partial charge is 0.137 e. The quantitative estimate of drug-likeness (QED) is 0.755. The van der Waals surface area contributed by atoms with E-state index in [1.807, 2.05) is 16.4 Å². The molecular formula is C11H22N4S. The van der Waals surface area contributed by atoms with Crippen LogP contribution in [0.4, 0.5) is 0 Å². The highest BCUT2D eigenvalue weighted by molar-refractivity contribution is 7.99. The first-order valence-electron chi connectivity index (χ1n) is 5.81. The van der Waals surface area contributed by atoms with E-state index >= 15 is 0 Å². The molecule has 0 aliphatic heterocycles. The first kappa shape index (κ1) is 13.5. The Labute approximate surface area is 102 Å². The topological polar surface area (TPSA) is 42.7 Å². The maximum absolute atomic E-state index is 4.08. The van der Waals surface area contributed by atoms with E-state index in [-0.39, 0.29) is 0 Å². The normalized spacial score (nSPS) is 14.9. The van der Waals surface area contributed by atoms with Gasteiger partial charge in [0.2, 0.25) is 0 Å². The summed E-state index contributed by atoms with van der Waals surface area (Å²) in [6.07, 6.45) is 7.84. The molecule has 2 unspecified atom stereocenters. The molecule has 2 atom stereocenters. The summed E-state index contributed by atoms with van der Waals surface area (Å²) in [5.41, 5.74) is 0. The van der Waals surface area contributed by atoms with Gasteiger partial charge in [-0.3, -0.25) is 4.68 Å². The van der Waals surface area contributed by atoms with Gasteiger partial charge in [0, 0.05) is 17.8 Å². The van der Waals surface area contributed by atoms with Crippen molar-refractivity contribution in [2.45, 2.75) is 44.5 Å². The number of hydrogen-bond acceptors (Lipinski definition) is 4. The summed E-state index contributed by atoms with van der Waals surface area (Å²) in [4.78, 5) is 3.93. The summed E-state index contributed by atoms with van der Waals surface area (Å²) in [6.45, 7) is 6.53. The van der Waals surface area contributed by atoms with Crippen molar-refractivity contribution in [3.8, 4) is 0 Å². The molecule has 1 N–H and O–H groups in total. The molecular weight excluding hydrogens is 220 g/mol. The average Bonchev–Trinajstić information content (AvgIpc) is 2.79. The Morgan fingerprint density at radius 2 is 2.19 bits per heavy atom. The molecule has 16 heavy (non-hydrogen) atoms. The van der Waals surface area contributed by atoms with Crippen LogP contribution in [0.1, 0.15) is 26.7 Å². The summed E-state index contributed by atoms with van der Waals surface area (Å²) in [5.74, 6) is 0. The fourth-order valence-electron chi connectivity index (χ4n) is 1.43. The Kier molecular flexibility index (Phi) is 6.49. The highest BCUT2D eigenvalue weighted by atomic mass is 32.2. The molecule has 0 amide bonds. The van der Waals surface area contributed by atoms with Gasteiger partial charge in [0.1, 0.15) is 12.7 Å². The molecule has 1 heterocycles. The second-order valence-corrected chi connectivity index (χ2v) is 5.41. The second kappa shape index (κ2) is 7.68. The highest BCUT2D eigenvalue weighted by Crippen LogP contribution is 2.08. The largest absolute Gasteiger partial charge is 0.314 e. The Morgan fingerprint density at radius 1 is 1.38 bits per heavy atom. The highest BCUT2D eigenvalue weighted by Gasteiger charge is 2.03. The number of nitrogens with one attached hydrogen (secondary N) is 1. The molecule has 0 saturated carbocycles. The average molecular weight is 242 g/mol. The fourth-order valence-corrected chi connectivity index (χ4v) is 1.78. The van der Waals surface area contributed by atoms with E-state index < -0.39 is 0 Å². The molecule has 0 aromatic carbocycles. The molecule has 92 valence electrons. The Hall–Kier alpha value is -0.550. The van der Waals surface area contributed by atoms with Gasteiger partial charge in [0.25, 0.3) is 0 Å². The van der Waals surface area contributed by atoms with Crippen LogP contribution in [0.5, 0.6) is 0 Å². The molecule has 0 aliphatic rings. The van der Waals surface area contributed by atoms with Gasteiger partial charge in [0.05, 0.1) is 0 Å². The number of aryl methyl sites for hydroxylation is 1. The van der Waals surface area contributed by atoms with Crippen LogP contribution in [0.2, 0.25) is 0 Å². The summed E-state index contributed by atoms with van der Waals surface area (Å²) in [7, 11) is 0. The standard InChI is InChI=1S/C11H22N4S/c1-10(13-6-4-11(2)16-3)5-7-15-9-12-8-14-15/h8-11,13H,4-7H2,1-3H3. The number of hydrogen-bond donors (Lipinski definition) is 1. The fraction of sp³-hybridized carbons (Fsp3) is 0.818. The van der Waals surface area contributed by atoms with E-state index in [4.69, 9.17) is 0 Å². The minimum Gasteiger partial charge on any atom is -0.314 e. The lowest BCUT2D eigenvalue weighted by atomic mass is 10.2. The van der Waals surface area contributed by atoms with Crippen molar-refractivity contribution >= 4 is 11.8 Å².